The molecule has 0 spiro atoms. The number of hydrogen-bond donors (Lipinski definition) is 1. The lowest BCUT2D eigenvalue weighted by Gasteiger charge is -2.13. The maximum absolute atomic E-state index is 12.6. The van der Waals surface area contributed by atoms with E-state index < -0.39 is 23.6 Å². The van der Waals surface area contributed by atoms with Gasteiger partial charge < -0.3 is 14.8 Å². The molecule has 3 rings (SSSR count). The highest BCUT2D eigenvalue weighted by molar-refractivity contribution is 8.18. The average Bonchev–Trinajstić information content (AvgIpc) is 2.98. The van der Waals surface area contributed by atoms with Gasteiger partial charge in [0.1, 0.15) is 6.54 Å². The monoisotopic (exact) mass is 466 g/mol. The lowest BCUT2D eigenvalue weighted by atomic mass is 10.2. The van der Waals surface area contributed by atoms with Crippen LogP contribution in [0.4, 0.5) is 10.5 Å². The van der Waals surface area contributed by atoms with Crippen LogP contribution < -0.4 is 14.8 Å². The standard InChI is InChI=1S/C20H16Cl2N2O5S/c1-28-14-7-6-11(8-15(14)29-2)9-16-19(26)24(20(27)30-16)10-17(25)23-13-5-3-4-12(21)18(13)22/h3-9H,10H2,1-2H3,(H,23,25)/b16-9-. The Morgan fingerprint density at radius 1 is 1.13 bits per heavy atom. The van der Waals surface area contributed by atoms with Crippen LogP contribution in [0.1, 0.15) is 5.56 Å². The van der Waals surface area contributed by atoms with Crippen LogP contribution in [0.15, 0.2) is 41.3 Å². The quantitative estimate of drug-likeness (QED) is 0.621. The van der Waals surface area contributed by atoms with Crippen molar-refractivity contribution in [3.8, 4) is 11.5 Å². The van der Waals surface area contributed by atoms with E-state index >= 15 is 0 Å². The van der Waals surface area contributed by atoms with E-state index in [-0.39, 0.29) is 15.0 Å². The minimum absolute atomic E-state index is 0.176. The van der Waals surface area contributed by atoms with Crippen LogP contribution in [0.25, 0.3) is 6.08 Å². The average molecular weight is 467 g/mol. The van der Waals surface area contributed by atoms with Crippen molar-refractivity contribution in [2.75, 3.05) is 26.1 Å². The van der Waals surface area contributed by atoms with E-state index in [1.807, 2.05) is 0 Å². The van der Waals surface area contributed by atoms with Gasteiger partial charge in [-0.25, -0.2) is 0 Å². The van der Waals surface area contributed by atoms with Crippen molar-refractivity contribution in [3.63, 3.8) is 0 Å². The SMILES string of the molecule is COc1ccc(/C=C2\SC(=O)N(CC(=O)Nc3cccc(Cl)c3Cl)C2=O)cc1OC. The molecule has 1 N–H and O–H groups in total. The van der Waals surface area contributed by atoms with Gasteiger partial charge >= 0.3 is 0 Å². The molecule has 0 unspecified atom stereocenters. The molecule has 1 heterocycles. The summed E-state index contributed by atoms with van der Waals surface area (Å²) < 4.78 is 10.4. The predicted molar refractivity (Wildman–Crippen MR) is 117 cm³/mol. The molecular formula is C20H16Cl2N2O5S. The fourth-order valence-electron chi connectivity index (χ4n) is 2.66. The van der Waals surface area contributed by atoms with Gasteiger partial charge in [0.2, 0.25) is 5.91 Å². The summed E-state index contributed by atoms with van der Waals surface area (Å²) in [5.41, 5.74) is 0.940. The highest BCUT2D eigenvalue weighted by Gasteiger charge is 2.36. The van der Waals surface area contributed by atoms with Crippen molar-refractivity contribution in [1.29, 1.82) is 0 Å². The van der Waals surface area contributed by atoms with Gasteiger partial charge in [-0.05, 0) is 47.7 Å². The van der Waals surface area contributed by atoms with E-state index in [2.05, 4.69) is 5.32 Å². The summed E-state index contributed by atoms with van der Waals surface area (Å²) in [6.45, 7) is -0.448. The minimum Gasteiger partial charge on any atom is -0.493 e. The molecule has 10 heteroatoms. The van der Waals surface area contributed by atoms with Gasteiger partial charge in [0.15, 0.2) is 11.5 Å². The van der Waals surface area contributed by atoms with Crippen LogP contribution in [-0.2, 0) is 9.59 Å². The van der Waals surface area contributed by atoms with Gasteiger partial charge in [0.05, 0.1) is 34.9 Å². The summed E-state index contributed by atoms with van der Waals surface area (Å²) in [6, 6.07) is 9.86. The smallest absolute Gasteiger partial charge is 0.294 e. The van der Waals surface area contributed by atoms with Crippen LogP contribution in [0, 0.1) is 0 Å². The molecule has 0 aromatic heterocycles. The number of anilines is 1. The van der Waals surface area contributed by atoms with Crippen LogP contribution >= 0.6 is 35.0 Å². The van der Waals surface area contributed by atoms with E-state index in [0.29, 0.717) is 22.7 Å². The molecule has 30 heavy (non-hydrogen) atoms. The Labute approximate surface area is 186 Å². The molecule has 1 aliphatic heterocycles. The molecule has 0 aliphatic carbocycles. The second kappa shape index (κ2) is 9.42. The van der Waals surface area contributed by atoms with Gasteiger partial charge in [0.25, 0.3) is 11.1 Å². The van der Waals surface area contributed by atoms with E-state index in [1.54, 1.807) is 42.5 Å². The van der Waals surface area contributed by atoms with Gasteiger partial charge in [-0.15, -0.1) is 0 Å². The normalized spacial score (nSPS) is 14.9. The molecule has 1 saturated heterocycles. The predicted octanol–water partition coefficient (Wildman–Crippen LogP) is 4.69. The van der Waals surface area contributed by atoms with Gasteiger partial charge in [-0.1, -0.05) is 35.3 Å². The zero-order chi connectivity index (χ0) is 21.8. The van der Waals surface area contributed by atoms with Crippen molar-refractivity contribution in [2.45, 2.75) is 0 Å². The Bertz CT molecular complexity index is 1060. The number of nitrogens with one attached hydrogen (secondary N) is 1. The fraction of sp³-hybridized carbons (Fsp3) is 0.150. The van der Waals surface area contributed by atoms with Gasteiger partial charge in [0, 0.05) is 0 Å². The second-order valence-corrected chi connectivity index (χ2v) is 7.81. The summed E-state index contributed by atoms with van der Waals surface area (Å²) >= 11 is 12.7. The maximum Gasteiger partial charge on any atom is 0.294 e. The number of nitrogens with zero attached hydrogens (tertiary/aromatic N) is 1. The Balaban J connectivity index is 1.74. The molecule has 2 aromatic rings. The first-order chi connectivity index (χ1) is 14.3. The van der Waals surface area contributed by atoms with Crippen LogP contribution in [0.2, 0.25) is 10.0 Å². The summed E-state index contributed by atoms with van der Waals surface area (Å²) in [7, 11) is 3.02. The number of rotatable bonds is 6. The third-order valence-corrected chi connectivity index (χ3v) is 5.83. The molecule has 7 nitrogen and oxygen atoms in total. The third kappa shape index (κ3) is 4.72. The molecule has 0 radical (unpaired) electrons. The van der Waals surface area contributed by atoms with Gasteiger partial charge in [-0.3, -0.25) is 19.3 Å². The lowest BCUT2D eigenvalue weighted by Crippen LogP contribution is -2.36. The number of methoxy groups -OCH3 is 2. The summed E-state index contributed by atoms with van der Waals surface area (Å²) in [5, 5.41) is 2.46. The molecule has 1 fully saturated rings. The first kappa shape index (κ1) is 22.0. The third-order valence-electron chi connectivity index (χ3n) is 4.11. The molecular weight excluding hydrogens is 451 g/mol. The number of hydrogen-bond acceptors (Lipinski definition) is 6. The minimum atomic E-state index is -0.575. The highest BCUT2D eigenvalue weighted by atomic mass is 35.5. The molecule has 0 bridgehead atoms. The molecule has 0 saturated carbocycles. The van der Waals surface area contributed by atoms with Crippen molar-refractivity contribution in [3.05, 3.63) is 56.9 Å². The number of thioether (sulfide) groups is 1. The van der Waals surface area contributed by atoms with Crippen LogP contribution in [-0.4, -0.2) is 42.7 Å². The van der Waals surface area contributed by atoms with Gasteiger partial charge in [-0.2, -0.15) is 0 Å². The molecule has 2 aromatic carbocycles. The zero-order valence-corrected chi connectivity index (χ0v) is 18.2. The molecule has 0 atom stereocenters. The number of benzene rings is 2. The summed E-state index contributed by atoms with van der Waals surface area (Å²) in [4.78, 5) is 38.3. The Hall–Kier alpha value is -2.68. The Morgan fingerprint density at radius 3 is 2.57 bits per heavy atom. The van der Waals surface area contributed by atoms with Crippen molar-refractivity contribution < 1.29 is 23.9 Å². The number of carbonyl (C=O) groups excluding carboxylic acids is 3. The fourth-order valence-corrected chi connectivity index (χ4v) is 3.85. The lowest BCUT2D eigenvalue weighted by molar-refractivity contribution is -0.127. The van der Waals surface area contributed by atoms with E-state index in [1.165, 1.54) is 14.2 Å². The Kier molecular flexibility index (Phi) is 6.91. The first-order valence-corrected chi connectivity index (χ1v) is 10.1. The molecule has 1 aliphatic rings. The van der Waals surface area contributed by atoms with E-state index in [4.69, 9.17) is 32.7 Å². The number of ether oxygens (including phenoxy) is 2. The number of halogens is 2. The zero-order valence-electron chi connectivity index (χ0n) is 15.9. The number of carbonyl (C=O) groups is 3. The maximum atomic E-state index is 12.6. The molecule has 3 amide bonds. The number of amides is 3. The summed E-state index contributed by atoms with van der Waals surface area (Å²) in [5.74, 6) is -0.108. The van der Waals surface area contributed by atoms with Crippen molar-refractivity contribution in [2.24, 2.45) is 0 Å². The highest BCUT2D eigenvalue weighted by Crippen LogP contribution is 2.35. The second-order valence-electron chi connectivity index (χ2n) is 6.03. The number of imide groups is 1. The van der Waals surface area contributed by atoms with Crippen LogP contribution in [0.5, 0.6) is 11.5 Å². The largest absolute Gasteiger partial charge is 0.493 e. The van der Waals surface area contributed by atoms with Crippen LogP contribution in [0.3, 0.4) is 0 Å². The molecule has 156 valence electrons. The summed E-state index contributed by atoms with van der Waals surface area (Å²) in [6.07, 6.45) is 1.55. The van der Waals surface area contributed by atoms with E-state index in [0.717, 1.165) is 16.7 Å². The van der Waals surface area contributed by atoms with E-state index in [9.17, 15) is 14.4 Å². The first-order valence-electron chi connectivity index (χ1n) is 8.55. The van der Waals surface area contributed by atoms with Crippen molar-refractivity contribution in [1.82, 2.24) is 4.90 Å². The van der Waals surface area contributed by atoms with Crippen molar-refractivity contribution >= 4 is 63.8 Å². The topological polar surface area (TPSA) is 84.9 Å². The Morgan fingerprint density at radius 2 is 1.87 bits per heavy atom.